The molecule has 0 aromatic heterocycles. The van der Waals surface area contributed by atoms with Gasteiger partial charge in [-0.3, -0.25) is 14.4 Å². The van der Waals surface area contributed by atoms with Crippen LogP contribution in [0.3, 0.4) is 0 Å². The molecule has 0 spiro atoms. The van der Waals surface area contributed by atoms with E-state index in [1.807, 2.05) is 20.9 Å². The van der Waals surface area contributed by atoms with E-state index in [2.05, 4.69) is 20.1 Å². The first-order chi connectivity index (χ1) is 42.3. The lowest BCUT2D eigenvalue weighted by Gasteiger charge is -2.45. The summed E-state index contributed by atoms with van der Waals surface area (Å²) in [6.07, 6.45) is -21.4. The molecule has 4 saturated heterocycles. The summed E-state index contributed by atoms with van der Waals surface area (Å²) in [6.45, 7) is 25.6. The molecule has 22 atom stereocenters. The van der Waals surface area contributed by atoms with Gasteiger partial charge in [-0.15, -0.1) is 13.2 Å². The molecule has 5 rings (SSSR count). The number of esters is 2. The number of nitrogens with zero attached hydrogens (tertiary/aromatic N) is 2. The SMILES string of the molecule is CO/N=C1\C[C@@H](C)O[C@@H](O[C@@H]2[C@@H](C)[C@H](O[C@H]3CC(C)N(C)C[C@H](C)O3)[C@@H](C)C(=O)O[C@H]([C@@H](C)CO[C@@H]3O[C@H](C)[C@@H](O)[C@@H](OC)[C@H]3OC)[C@H](C)[C@@H](OC(=O)CC(C)C)[C@@H](C)C(=O)[C@@](C)(OC(=O)NC(C)(C)CCS(=O)(=O)c3ccccc3OC(F)(F)F)C[C@@H]2C)[C@@H]1O. The highest BCUT2D eigenvalue weighted by atomic mass is 32.2. The largest absolute Gasteiger partial charge is 0.573 e. The monoisotopic (exact) mass is 1330 g/mol. The number of likely N-dealkylation sites (N-methyl/N-ethyl adjacent to an activating group) is 1. The van der Waals surface area contributed by atoms with E-state index < -0.39 is 183 Å². The van der Waals surface area contributed by atoms with E-state index in [1.54, 1.807) is 62.3 Å². The Kier molecular flexibility index (Phi) is 28.0. The van der Waals surface area contributed by atoms with Gasteiger partial charge in [0.2, 0.25) is 0 Å². The highest BCUT2D eigenvalue weighted by Gasteiger charge is 2.53. The minimum absolute atomic E-state index is 0.0681. The maximum Gasteiger partial charge on any atom is 0.573 e. The Labute approximate surface area is 534 Å². The van der Waals surface area contributed by atoms with Gasteiger partial charge in [0.05, 0.1) is 60.4 Å². The second-order valence-electron chi connectivity index (χ2n) is 26.7. The van der Waals surface area contributed by atoms with Gasteiger partial charge in [-0.25, -0.2) is 13.2 Å². The number of methoxy groups -OCH3 is 2. The molecule has 0 saturated carbocycles. The van der Waals surface area contributed by atoms with Crippen LogP contribution in [0.25, 0.3) is 0 Å². The van der Waals surface area contributed by atoms with Gasteiger partial charge in [-0.2, -0.15) is 0 Å². The first-order valence-corrected chi connectivity index (χ1v) is 33.1. The predicted octanol–water partition coefficient (Wildman–Crippen LogP) is 7.55. The summed E-state index contributed by atoms with van der Waals surface area (Å²) in [5, 5.41) is 29.6. The molecule has 0 bridgehead atoms. The van der Waals surface area contributed by atoms with Crippen molar-refractivity contribution in [1.82, 2.24) is 10.2 Å². The van der Waals surface area contributed by atoms with Crippen LogP contribution in [0.4, 0.5) is 18.0 Å². The fraction of sp³-hybridized carbons (Fsp3) is 0.825. The number of hydrogen-bond acceptors (Lipinski definition) is 23. The minimum atomic E-state index is -5.21. The molecule has 1 aromatic carbocycles. The molecule has 3 N–H and O–H groups in total. The lowest BCUT2D eigenvalue weighted by atomic mass is 9.74. The number of ketones is 1. The Balaban J connectivity index is 1.70. The van der Waals surface area contributed by atoms with Gasteiger partial charge in [-0.05, 0) is 99.2 Å². The van der Waals surface area contributed by atoms with E-state index >= 15 is 9.59 Å². The highest BCUT2D eigenvalue weighted by Crippen LogP contribution is 2.41. The Morgan fingerprint density at radius 2 is 1.49 bits per heavy atom. The number of aliphatic hydroxyl groups is 2. The molecule has 0 radical (unpaired) electrons. The van der Waals surface area contributed by atoms with Crippen LogP contribution in [0.1, 0.15) is 136 Å². The van der Waals surface area contributed by atoms with E-state index in [9.17, 15) is 41.4 Å². The van der Waals surface area contributed by atoms with Crippen molar-refractivity contribution in [2.24, 2.45) is 46.6 Å². The van der Waals surface area contributed by atoms with Crippen molar-refractivity contribution >= 4 is 39.4 Å². The van der Waals surface area contributed by atoms with Crippen molar-refractivity contribution in [1.29, 1.82) is 0 Å². The fourth-order valence-electron chi connectivity index (χ4n) is 12.7. The average molecular weight is 1330 g/mol. The van der Waals surface area contributed by atoms with Crippen LogP contribution < -0.4 is 10.1 Å². The quantitative estimate of drug-likeness (QED) is 0.0608. The van der Waals surface area contributed by atoms with Crippen molar-refractivity contribution in [3.8, 4) is 5.75 Å². The van der Waals surface area contributed by atoms with Gasteiger partial charge in [0.15, 0.2) is 40.1 Å². The average Bonchev–Trinajstić information content (AvgIpc) is 1.05. The third-order valence-corrected chi connectivity index (χ3v) is 19.5. The first-order valence-electron chi connectivity index (χ1n) is 31.4. The van der Waals surface area contributed by atoms with E-state index in [0.717, 1.165) is 12.1 Å². The lowest BCUT2D eigenvalue weighted by Crippen LogP contribution is -2.59. The Hall–Kier alpha value is -4.33. The third-order valence-electron chi connectivity index (χ3n) is 17.8. The maximum absolute atomic E-state index is 16.1. The standard InChI is InChI=1S/C63H102F3N3O21S/c1-32(2)26-46(70)85-52-39(9)51(34(4)31-81-59-55(79-18)54(78-17)48(71)42(12)84-59)87-57(74)41(11)53(86-47-27-35(5)69(16)30-37(7)82-47)38(8)50(88-58-49(72)43(68-80-19)28-36(6)83-58)33(3)29-62(15,56(73)40(52)10)90-60(75)67-61(13,14)24-25-91(76,77)45-23-21-20-22-44(45)89-63(64,65)66/h20-23,32-42,47-55,58-59,71-72H,24-31H2,1-19H3,(H,67,75)/b68-43+/t33-,34-,35?,36+,37-,38+,39-,40+,41+,42+,47-,48+,49+,50-,51+,52+,53-,54+,55+,58-,59+,62-/m0/s1. The number of alkyl halides is 3. The van der Waals surface area contributed by atoms with E-state index in [-0.39, 0.29) is 56.1 Å². The second kappa shape index (κ2) is 32.9. The molecular weight excluding hydrogens is 1220 g/mol. The number of Topliss-reactive ketones (excluding diaryl/α,β-unsaturated/α-hetero) is 1. The smallest absolute Gasteiger partial charge is 0.461 e. The molecule has 0 aliphatic carbocycles. The van der Waals surface area contributed by atoms with Crippen LogP contribution in [0.15, 0.2) is 34.3 Å². The number of aliphatic hydroxyl groups excluding tert-OH is 2. The van der Waals surface area contributed by atoms with Gasteiger partial charge in [0.1, 0.15) is 54.4 Å². The van der Waals surface area contributed by atoms with Crippen LogP contribution >= 0.6 is 0 Å². The van der Waals surface area contributed by atoms with E-state index in [1.165, 1.54) is 61.2 Å². The lowest BCUT2D eigenvalue weighted by molar-refractivity contribution is -0.305. The summed E-state index contributed by atoms with van der Waals surface area (Å²) in [7, 11) is 1.61. The van der Waals surface area contributed by atoms with E-state index in [0.29, 0.717) is 13.0 Å². The van der Waals surface area contributed by atoms with Crippen LogP contribution in [-0.2, 0) is 81.2 Å². The van der Waals surface area contributed by atoms with Crippen LogP contribution in [0, 0.1) is 41.4 Å². The predicted molar refractivity (Wildman–Crippen MR) is 324 cm³/mol. The van der Waals surface area contributed by atoms with Crippen LogP contribution in [-0.4, -0.2) is 210 Å². The third kappa shape index (κ3) is 20.8. The maximum atomic E-state index is 16.1. The van der Waals surface area contributed by atoms with Crippen molar-refractivity contribution in [3.63, 3.8) is 0 Å². The Bertz CT molecular complexity index is 2690. The molecule has 1 unspecified atom stereocenters. The zero-order valence-corrected chi connectivity index (χ0v) is 57.1. The van der Waals surface area contributed by atoms with Crippen LogP contribution in [0.2, 0.25) is 0 Å². The number of hydrogen-bond donors (Lipinski definition) is 3. The zero-order valence-electron chi connectivity index (χ0n) is 56.3. The summed E-state index contributed by atoms with van der Waals surface area (Å²) < 4.78 is 142. The zero-order chi connectivity index (χ0) is 68.4. The van der Waals surface area contributed by atoms with Crippen molar-refractivity contribution in [2.75, 3.05) is 47.3 Å². The molecule has 4 aliphatic heterocycles. The van der Waals surface area contributed by atoms with Crippen LogP contribution in [0.5, 0.6) is 5.75 Å². The number of benzene rings is 1. The number of carbonyl (C=O) groups is 4. The number of rotatable bonds is 21. The summed E-state index contributed by atoms with van der Waals surface area (Å²) in [4.78, 5) is 67.0. The molecular formula is C63H102F3N3O21S. The van der Waals surface area contributed by atoms with Crippen molar-refractivity contribution in [3.05, 3.63) is 24.3 Å². The molecule has 91 heavy (non-hydrogen) atoms. The Morgan fingerprint density at radius 1 is 0.846 bits per heavy atom. The Morgan fingerprint density at radius 3 is 2.11 bits per heavy atom. The van der Waals surface area contributed by atoms with Gasteiger partial charge in [0, 0.05) is 69.4 Å². The number of nitrogens with one attached hydrogen (secondary N) is 1. The number of sulfone groups is 1. The molecule has 1 aromatic rings. The van der Waals surface area contributed by atoms with Crippen molar-refractivity contribution < 1.29 is 113 Å². The first kappa shape index (κ1) is 77.4. The number of halogens is 3. The molecule has 24 nitrogen and oxygen atoms in total. The van der Waals surface area contributed by atoms with Gasteiger partial charge in [0.25, 0.3) is 0 Å². The number of alkyl carbamates (subject to hydrolysis) is 1. The normalized spacial score (nSPS) is 36.4. The van der Waals surface area contributed by atoms with Crippen molar-refractivity contribution in [2.45, 2.75) is 250 Å². The summed E-state index contributed by atoms with van der Waals surface area (Å²) >= 11 is 0. The molecule has 4 aliphatic rings. The molecule has 4 heterocycles. The highest BCUT2D eigenvalue weighted by molar-refractivity contribution is 7.91. The number of para-hydroxylation sites is 1. The van der Waals surface area contributed by atoms with Gasteiger partial charge >= 0.3 is 24.4 Å². The second-order valence-corrected chi connectivity index (χ2v) is 28.8. The molecule has 28 heteroatoms. The number of oxime groups is 1. The fourth-order valence-corrected chi connectivity index (χ4v) is 14.4. The minimum Gasteiger partial charge on any atom is -0.461 e. The molecule has 522 valence electrons. The van der Waals surface area contributed by atoms with Gasteiger partial charge in [-0.1, -0.05) is 65.8 Å². The topological polar surface area (TPSA) is 290 Å². The molecule has 1 amide bonds. The summed E-state index contributed by atoms with van der Waals surface area (Å²) in [6, 6.07) is 4.20. The van der Waals surface area contributed by atoms with Gasteiger partial charge < -0.3 is 82.1 Å². The summed E-state index contributed by atoms with van der Waals surface area (Å²) in [5.41, 5.74) is -3.52. The van der Waals surface area contributed by atoms with E-state index in [4.69, 9.17) is 56.9 Å². The number of ether oxygens (including phenoxy) is 12. The number of carbonyl (C=O) groups excluding carboxylic acids is 4. The number of amides is 1. The molecule has 4 fully saturated rings. The summed E-state index contributed by atoms with van der Waals surface area (Å²) in [5.74, 6) is -10.5. The number of cyclic esters (lactones) is 1.